The number of nitrogens with one attached hydrogen (secondary N) is 1. The number of carbonyl (C=O) groups is 2. The lowest BCUT2D eigenvalue weighted by Crippen LogP contribution is -2.26. The van der Waals surface area contributed by atoms with Crippen LogP contribution in [-0.4, -0.2) is 30.8 Å². The normalized spacial score (nSPS) is 11.6. The van der Waals surface area contributed by atoms with Gasteiger partial charge < -0.3 is 10.2 Å². The van der Waals surface area contributed by atoms with Gasteiger partial charge in [-0.15, -0.1) is 11.8 Å². The van der Waals surface area contributed by atoms with Crippen molar-refractivity contribution < 1.29 is 9.59 Å². The second-order valence-electron chi connectivity index (χ2n) is 5.35. The van der Waals surface area contributed by atoms with Crippen molar-refractivity contribution in [3.05, 3.63) is 60.2 Å². The number of thioether (sulfide) groups is 1. The molecule has 2 rings (SSSR count). The van der Waals surface area contributed by atoms with E-state index in [1.54, 1.807) is 19.0 Å². The molecule has 0 unspecified atom stereocenters. The first kappa shape index (κ1) is 17.1. The number of benzene rings is 2. The molecule has 0 aliphatic rings. The van der Waals surface area contributed by atoms with Gasteiger partial charge in [0.15, 0.2) is 0 Å². The van der Waals surface area contributed by atoms with Gasteiger partial charge in [0.1, 0.15) is 5.25 Å². The summed E-state index contributed by atoms with van der Waals surface area (Å²) in [6, 6.07) is 17.2. The maximum atomic E-state index is 12.5. The summed E-state index contributed by atoms with van der Waals surface area (Å²) in [5, 5.41) is 2.44. The van der Waals surface area contributed by atoms with E-state index in [4.69, 9.17) is 0 Å². The van der Waals surface area contributed by atoms with Gasteiger partial charge in [0.05, 0.1) is 0 Å². The minimum atomic E-state index is -0.294. The Morgan fingerprint density at radius 2 is 1.61 bits per heavy atom. The van der Waals surface area contributed by atoms with Gasteiger partial charge in [0.25, 0.3) is 0 Å². The van der Waals surface area contributed by atoms with Crippen LogP contribution in [0.5, 0.6) is 0 Å². The molecule has 2 aromatic rings. The largest absolute Gasteiger partial charge is 0.348 e. The maximum absolute atomic E-state index is 12.5. The number of hydrogen-bond acceptors (Lipinski definition) is 3. The first-order valence-electron chi connectivity index (χ1n) is 7.28. The summed E-state index contributed by atoms with van der Waals surface area (Å²) in [5.41, 5.74) is 1.72. The molecule has 0 saturated heterocycles. The zero-order valence-electron chi connectivity index (χ0n) is 13.4. The molecule has 120 valence electrons. The molecular weight excluding hydrogens is 308 g/mol. The molecule has 1 atom stereocenters. The number of carbonyl (C=O) groups excluding carboxylic acids is 2. The Balaban J connectivity index is 2.21. The Bertz CT molecular complexity index is 669. The topological polar surface area (TPSA) is 49.4 Å². The minimum Gasteiger partial charge on any atom is -0.348 e. The number of anilines is 1. The lowest BCUT2D eigenvalue weighted by atomic mass is 10.1. The van der Waals surface area contributed by atoms with Crippen molar-refractivity contribution >= 4 is 29.3 Å². The average Bonchev–Trinajstić information content (AvgIpc) is 2.53. The number of amides is 2. The van der Waals surface area contributed by atoms with Crippen molar-refractivity contribution in [3.63, 3.8) is 0 Å². The first-order valence-corrected chi connectivity index (χ1v) is 8.16. The highest BCUT2D eigenvalue weighted by atomic mass is 32.2. The van der Waals surface area contributed by atoms with Crippen LogP contribution in [0.25, 0.3) is 0 Å². The van der Waals surface area contributed by atoms with Crippen molar-refractivity contribution in [2.24, 2.45) is 0 Å². The lowest BCUT2D eigenvalue weighted by molar-refractivity contribution is -0.128. The third-order valence-corrected chi connectivity index (χ3v) is 4.45. The van der Waals surface area contributed by atoms with Crippen LogP contribution in [0.15, 0.2) is 59.5 Å². The third kappa shape index (κ3) is 4.86. The van der Waals surface area contributed by atoms with Gasteiger partial charge >= 0.3 is 0 Å². The van der Waals surface area contributed by atoms with Gasteiger partial charge in [-0.1, -0.05) is 30.3 Å². The quantitative estimate of drug-likeness (QED) is 0.854. The molecule has 0 aliphatic heterocycles. The minimum absolute atomic E-state index is 0.0483. The van der Waals surface area contributed by atoms with E-state index in [0.29, 0.717) is 0 Å². The van der Waals surface area contributed by atoms with Crippen LogP contribution in [0.3, 0.4) is 0 Å². The molecule has 0 heterocycles. The van der Waals surface area contributed by atoms with E-state index in [9.17, 15) is 9.59 Å². The smallest absolute Gasteiger partial charge is 0.240 e. The van der Waals surface area contributed by atoms with Crippen LogP contribution in [0.4, 0.5) is 5.69 Å². The fraction of sp³-hybridized carbons (Fsp3) is 0.222. The van der Waals surface area contributed by atoms with Crippen molar-refractivity contribution in [2.45, 2.75) is 17.1 Å². The second-order valence-corrected chi connectivity index (χ2v) is 6.53. The molecule has 0 spiro atoms. The second kappa shape index (κ2) is 7.83. The molecule has 2 aromatic carbocycles. The highest BCUT2D eigenvalue weighted by molar-refractivity contribution is 8.00. The van der Waals surface area contributed by atoms with E-state index in [1.165, 1.54) is 18.7 Å². The number of likely N-dealkylation sites (N-methyl/N-ethyl adjacent to an activating group) is 1. The fourth-order valence-corrected chi connectivity index (χ4v) is 3.25. The predicted octanol–water partition coefficient (Wildman–Crippen LogP) is 3.57. The Morgan fingerprint density at radius 3 is 2.13 bits per heavy atom. The predicted molar refractivity (Wildman–Crippen MR) is 94.5 cm³/mol. The summed E-state index contributed by atoms with van der Waals surface area (Å²) in [7, 11) is 3.53. The van der Waals surface area contributed by atoms with Crippen molar-refractivity contribution in [3.8, 4) is 0 Å². The van der Waals surface area contributed by atoms with Gasteiger partial charge in [-0.05, 0) is 29.8 Å². The van der Waals surface area contributed by atoms with E-state index in [0.717, 1.165) is 16.1 Å². The van der Waals surface area contributed by atoms with E-state index in [-0.39, 0.29) is 17.1 Å². The van der Waals surface area contributed by atoms with Gasteiger partial charge in [-0.3, -0.25) is 9.59 Å². The maximum Gasteiger partial charge on any atom is 0.240 e. The molecule has 0 aromatic heterocycles. The van der Waals surface area contributed by atoms with E-state index < -0.39 is 0 Å². The van der Waals surface area contributed by atoms with Crippen LogP contribution < -0.4 is 5.32 Å². The Kier molecular flexibility index (Phi) is 5.82. The summed E-state index contributed by atoms with van der Waals surface area (Å²) < 4.78 is 0. The highest BCUT2D eigenvalue weighted by Gasteiger charge is 2.23. The van der Waals surface area contributed by atoms with Crippen LogP contribution in [0.1, 0.15) is 17.7 Å². The van der Waals surface area contributed by atoms with Gasteiger partial charge in [-0.2, -0.15) is 0 Å². The molecule has 5 heteroatoms. The number of rotatable bonds is 5. The van der Waals surface area contributed by atoms with Gasteiger partial charge in [0.2, 0.25) is 11.8 Å². The molecule has 1 N–H and O–H groups in total. The van der Waals surface area contributed by atoms with E-state index >= 15 is 0 Å². The van der Waals surface area contributed by atoms with Crippen LogP contribution >= 0.6 is 11.8 Å². The highest BCUT2D eigenvalue weighted by Crippen LogP contribution is 2.36. The summed E-state index contributed by atoms with van der Waals surface area (Å²) in [6.07, 6.45) is 0. The van der Waals surface area contributed by atoms with Crippen molar-refractivity contribution in [1.29, 1.82) is 0 Å². The molecule has 0 radical (unpaired) electrons. The molecule has 0 bridgehead atoms. The van der Waals surface area contributed by atoms with Crippen LogP contribution in [0.2, 0.25) is 0 Å². The first-order chi connectivity index (χ1) is 11.0. The van der Waals surface area contributed by atoms with Crippen molar-refractivity contribution in [1.82, 2.24) is 4.90 Å². The van der Waals surface area contributed by atoms with E-state index in [2.05, 4.69) is 5.32 Å². The molecule has 2 amide bonds. The van der Waals surface area contributed by atoms with E-state index in [1.807, 2.05) is 54.6 Å². The molecule has 23 heavy (non-hydrogen) atoms. The van der Waals surface area contributed by atoms with Gasteiger partial charge in [-0.25, -0.2) is 0 Å². The molecule has 0 aliphatic carbocycles. The Labute approximate surface area is 140 Å². The summed E-state index contributed by atoms with van der Waals surface area (Å²) in [5.74, 6) is -0.0533. The SMILES string of the molecule is CC(=O)Nc1ccc(S[C@H](C(=O)N(C)C)c2ccccc2)cc1. The molecule has 0 saturated carbocycles. The molecular formula is C18H20N2O2S. The lowest BCUT2D eigenvalue weighted by Gasteiger charge is -2.20. The van der Waals surface area contributed by atoms with Gasteiger partial charge in [0, 0.05) is 31.6 Å². The Hall–Kier alpha value is -2.27. The summed E-state index contributed by atoms with van der Waals surface area (Å²) >= 11 is 1.50. The Morgan fingerprint density at radius 1 is 1.00 bits per heavy atom. The summed E-state index contributed by atoms with van der Waals surface area (Å²) in [4.78, 5) is 26.1. The zero-order valence-corrected chi connectivity index (χ0v) is 14.3. The monoisotopic (exact) mass is 328 g/mol. The van der Waals surface area contributed by atoms with Crippen LogP contribution in [0, 0.1) is 0 Å². The van der Waals surface area contributed by atoms with Crippen molar-refractivity contribution in [2.75, 3.05) is 19.4 Å². The summed E-state index contributed by atoms with van der Waals surface area (Å²) in [6.45, 7) is 1.48. The fourth-order valence-electron chi connectivity index (χ4n) is 2.08. The number of nitrogens with zero attached hydrogens (tertiary/aromatic N) is 1. The number of hydrogen-bond donors (Lipinski definition) is 1. The molecule has 0 fully saturated rings. The van der Waals surface area contributed by atoms with Crippen LogP contribution in [-0.2, 0) is 9.59 Å². The third-order valence-electron chi connectivity index (χ3n) is 3.20. The standard InChI is InChI=1S/C18H20N2O2S/c1-13(21)19-15-9-11-16(12-10-15)23-17(18(22)20(2)3)14-7-5-4-6-8-14/h4-12,17H,1-3H3,(H,19,21)/t17-/m0/s1. The zero-order chi connectivity index (χ0) is 16.8. The average molecular weight is 328 g/mol. The molecule has 4 nitrogen and oxygen atoms in total.